The van der Waals surface area contributed by atoms with E-state index in [1.165, 1.54) is 0 Å². The van der Waals surface area contributed by atoms with E-state index < -0.39 is 0 Å². The molecule has 1 atom stereocenters. The maximum Gasteiger partial charge on any atom is 0.139 e. The molecule has 0 spiro atoms. The quantitative estimate of drug-likeness (QED) is 0.234. The van der Waals surface area contributed by atoms with Gasteiger partial charge in [-0.1, -0.05) is 12.1 Å². The van der Waals surface area contributed by atoms with Crippen molar-refractivity contribution in [3.05, 3.63) is 0 Å². The minimum absolute atomic E-state index is 0.327. The van der Waals surface area contributed by atoms with Gasteiger partial charge in [0.15, 0.2) is 0 Å². The fourth-order valence-electron chi connectivity index (χ4n) is 1.92. The molecule has 0 radical (unpaired) electrons. The fraction of sp³-hybridized carbons (Fsp3) is 0.909. The van der Waals surface area contributed by atoms with Crippen LogP contribution in [0.25, 0.3) is 0 Å². The van der Waals surface area contributed by atoms with E-state index in [2.05, 4.69) is 17.0 Å². The number of hydrogen-bond acceptors (Lipinski definition) is 4. The topological polar surface area (TPSA) is 71.1 Å². The van der Waals surface area contributed by atoms with Gasteiger partial charge >= 0.3 is 0 Å². The lowest BCUT2D eigenvalue weighted by Crippen LogP contribution is -2.42. The molecule has 94 valence electrons. The first-order valence-electron chi connectivity index (χ1n) is 6.06. The van der Waals surface area contributed by atoms with Crippen molar-refractivity contribution in [2.45, 2.75) is 38.7 Å². The molecule has 5 heteroatoms. The van der Waals surface area contributed by atoms with Crippen LogP contribution in [0.3, 0.4) is 0 Å². The van der Waals surface area contributed by atoms with Crippen molar-refractivity contribution in [2.24, 2.45) is 10.9 Å². The van der Waals surface area contributed by atoms with Gasteiger partial charge in [-0.05, 0) is 25.8 Å². The molecule has 1 aliphatic heterocycles. The number of morpholine rings is 1. The minimum atomic E-state index is 0.327. The lowest BCUT2D eigenvalue weighted by molar-refractivity contribution is -0.0299. The van der Waals surface area contributed by atoms with E-state index in [0.29, 0.717) is 18.4 Å². The molecule has 1 aliphatic rings. The molecule has 0 aromatic heterocycles. The number of amidine groups is 1. The lowest BCUT2D eigenvalue weighted by Gasteiger charge is -2.32. The average molecular weight is 229 g/mol. The summed E-state index contributed by atoms with van der Waals surface area (Å²) in [5.74, 6) is 0.327. The zero-order chi connectivity index (χ0) is 11.8. The summed E-state index contributed by atoms with van der Waals surface area (Å²) >= 11 is 0. The Morgan fingerprint density at radius 3 is 3.06 bits per heavy atom. The van der Waals surface area contributed by atoms with Crippen LogP contribution in [0.5, 0.6) is 0 Å². The molecule has 0 bridgehead atoms. The summed E-state index contributed by atoms with van der Waals surface area (Å²) in [5, 5.41) is 11.3. The molecule has 5 nitrogen and oxygen atoms in total. The molecule has 1 saturated heterocycles. The van der Waals surface area contributed by atoms with E-state index >= 15 is 0 Å². The van der Waals surface area contributed by atoms with Crippen molar-refractivity contribution >= 4 is 5.84 Å². The standard InChI is InChI=1S/C11H23N3O2/c1-2-10-9-14(7-8-16-10)6-4-3-5-11(12)13-15/h10,15H,2-9H2,1H3,(H2,12,13). The molecular weight excluding hydrogens is 206 g/mol. The summed E-state index contributed by atoms with van der Waals surface area (Å²) in [5.41, 5.74) is 5.40. The number of hydrogen-bond donors (Lipinski definition) is 2. The van der Waals surface area contributed by atoms with E-state index in [-0.39, 0.29) is 0 Å². The summed E-state index contributed by atoms with van der Waals surface area (Å²) in [6, 6.07) is 0. The van der Waals surface area contributed by atoms with Crippen LogP contribution in [-0.2, 0) is 4.74 Å². The summed E-state index contributed by atoms with van der Waals surface area (Å²) in [6.45, 7) is 6.16. The Labute approximate surface area is 97.2 Å². The molecule has 0 aromatic rings. The normalized spacial score (nSPS) is 23.6. The van der Waals surface area contributed by atoms with Crippen molar-refractivity contribution in [3.63, 3.8) is 0 Å². The molecule has 1 rings (SSSR count). The van der Waals surface area contributed by atoms with Gasteiger partial charge in [0.1, 0.15) is 5.84 Å². The Kier molecular flexibility index (Phi) is 6.18. The average Bonchev–Trinajstić information content (AvgIpc) is 2.34. The van der Waals surface area contributed by atoms with Crippen LogP contribution in [0.4, 0.5) is 0 Å². The van der Waals surface area contributed by atoms with Crippen LogP contribution in [0.15, 0.2) is 5.16 Å². The Bertz CT molecular complexity index is 221. The molecule has 0 aliphatic carbocycles. The second-order valence-electron chi connectivity index (χ2n) is 4.25. The van der Waals surface area contributed by atoms with Gasteiger partial charge in [0, 0.05) is 19.5 Å². The molecule has 3 N–H and O–H groups in total. The SMILES string of the molecule is CCC1CN(CCCC/C(N)=N/O)CCO1. The predicted octanol–water partition coefficient (Wildman–Crippen LogP) is 1.01. The maximum atomic E-state index is 8.39. The number of ether oxygens (including phenoxy) is 1. The number of unbranched alkanes of at least 4 members (excludes halogenated alkanes) is 1. The van der Waals surface area contributed by atoms with Gasteiger partial charge in [-0.25, -0.2) is 0 Å². The van der Waals surface area contributed by atoms with Gasteiger partial charge < -0.3 is 15.7 Å². The highest BCUT2D eigenvalue weighted by Crippen LogP contribution is 2.09. The zero-order valence-corrected chi connectivity index (χ0v) is 10.1. The second kappa shape index (κ2) is 7.46. The van der Waals surface area contributed by atoms with E-state index in [1.54, 1.807) is 0 Å². The van der Waals surface area contributed by atoms with Crippen LogP contribution >= 0.6 is 0 Å². The fourth-order valence-corrected chi connectivity index (χ4v) is 1.92. The lowest BCUT2D eigenvalue weighted by atomic mass is 10.2. The third kappa shape index (κ3) is 4.81. The van der Waals surface area contributed by atoms with Crippen molar-refractivity contribution in [1.82, 2.24) is 4.90 Å². The third-order valence-electron chi connectivity index (χ3n) is 2.96. The van der Waals surface area contributed by atoms with Crippen LogP contribution in [0.2, 0.25) is 0 Å². The second-order valence-corrected chi connectivity index (χ2v) is 4.25. The molecule has 16 heavy (non-hydrogen) atoms. The first-order valence-corrected chi connectivity index (χ1v) is 6.06. The summed E-state index contributed by atoms with van der Waals surface area (Å²) in [4.78, 5) is 2.43. The number of oxime groups is 1. The zero-order valence-electron chi connectivity index (χ0n) is 10.1. The minimum Gasteiger partial charge on any atom is -0.409 e. The molecule has 1 fully saturated rings. The Morgan fingerprint density at radius 1 is 1.56 bits per heavy atom. The van der Waals surface area contributed by atoms with Gasteiger partial charge in [-0.15, -0.1) is 0 Å². The summed E-state index contributed by atoms with van der Waals surface area (Å²) in [6.07, 6.45) is 4.23. The predicted molar refractivity (Wildman–Crippen MR) is 63.7 cm³/mol. The van der Waals surface area contributed by atoms with Gasteiger partial charge in [-0.2, -0.15) is 0 Å². The summed E-state index contributed by atoms with van der Waals surface area (Å²) < 4.78 is 5.61. The summed E-state index contributed by atoms with van der Waals surface area (Å²) in [7, 11) is 0. The highest BCUT2D eigenvalue weighted by molar-refractivity contribution is 5.79. The number of rotatable bonds is 6. The van der Waals surface area contributed by atoms with Crippen molar-refractivity contribution in [1.29, 1.82) is 0 Å². The molecular formula is C11H23N3O2. The molecule has 0 amide bonds. The van der Waals surface area contributed by atoms with Crippen molar-refractivity contribution in [2.75, 3.05) is 26.2 Å². The van der Waals surface area contributed by atoms with Crippen LogP contribution < -0.4 is 5.73 Å². The third-order valence-corrected chi connectivity index (χ3v) is 2.96. The van der Waals surface area contributed by atoms with Gasteiger partial charge in [0.25, 0.3) is 0 Å². The largest absolute Gasteiger partial charge is 0.409 e. The first-order chi connectivity index (χ1) is 7.76. The Hall–Kier alpha value is -0.810. The van der Waals surface area contributed by atoms with E-state index in [0.717, 1.165) is 45.5 Å². The van der Waals surface area contributed by atoms with E-state index in [9.17, 15) is 0 Å². The van der Waals surface area contributed by atoms with Crippen LogP contribution in [-0.4, -0.2) is 48.3 Å². The molecule has 0 saturated carbocycles. The van der Waals surface area contributed by atoms with Gasteiger partial charge in [0.2, 0.25) is 0 Å². The monoisotopic (exact) mass is 229 g/mol. The van der Waals surface area contributed by atoms with Gasteiger partial charge in [0.05, 0.1) is 12.7 Å². The molecule has 1 unspecified atom stereocenters. The van der Waals surface area contributed by atoms with E-state index in [1.807, 2.05) is 0 Å². The maximum absolute atomic E-state index is 8.39. The van der Waals surface area contributed by atoms with Crippen molar-refractivity contribution < 1.29 is 9.94 Å². The van der Waals surface area contributed by atoms with Gasteiger partial charge in [-0.3, -0.25) is 4.90 Å². The van der Waals surface area contributed by atoms with E-state index in [4.69, 9.17) is 15.7 Å². The Balaban J connectivity index is 2.08. The van der Waals surface area contributed by atoms with Crippen LogP contribution in [0.1, 0.15) is 32.6 Å². The molecule has 1 heterocycles. The first kappa shape index (κ1) is 13.3. The molecule has 0 aromatic carbocycles. The smallest absolute Gasteiger partial charge is 0.139 e. The highest BCUT2D eigenvalue weighted by Gasteiger charge is 2.17. The Morgan fingerprint density at radius 2 is 2.38 bits per heavy atom. The van der Waals surface area contributed by atoms with Crippen molar-refractivity contribution in [3.8, 4) is 0 Å². The number of nitrogens with two attached hydrogens (primary N) is 1. The van der Waals surface area contributed by atoms with Crippen LogP contribution in [0, 0.1) is 0 Å². The highest BCUT2D eigenvalue weighted by atomic mass is 16.5. The number of nitrogens with zero attached hydrogens (tertiary/aromatic N) is 2.